The maximum atomic E-state index is 13.1. The quantitative estimate of drug-likeness (QED) is 0.460. The van der Waals surface area contributed by atoms with Crippen molar-refractivity contribution in [1.29, 1.82) is 0 Å². The third-order valence-electron chi connectivity index (χ3n) is 4.27. The molecule has 10 nitrogen and oxygen atoms in total. The highest BCUT2D eigenvalue weighted by molar-refractivity contribution is 5.96. The van der Waals surface area contributed by atoms with Crippen LogP contribution in [-0.4, -0.2) is 52.9 Å². The molecule has 0 radical (unpaired) electrons. The standard InChI is InChI=1S/C19H19N5O5/c1-4-22(15-10-7-8-13(12-25)17(15)29-3)18(26)24-19(27)23(20-21-24)14-9-5-6-11-16(14)28-2/h5-12H,4H2,1-3H3. The molecule has 1 aromatic heterocycles. The summed E-state index contributed by atoms with van der Waals surface area (Å²) in [7, 11) is 2.86. The van der Waals surface area contributed by atoms with Crippen LogP contribution in [-0.2, 0) is 0 Å². The van der Waals surface area contributed by atoms with E-state index in [9.17, 15) is 14.4 Å². The fraction of sp³-hybridized carbons (Fsp3) is 0.211. The van der Waals surface area contributed by atoms with Gasteiger partial charge in [0.1, 0.15) is 11.4 Å². The fourth-order valence-electron chi connectivity index (χ4n) is 2.92. The molecule has 1 heterocycles. The summed E-state index contributed by atoms with van der Waals surface area (Å²) in [6, 6.07) is 10.8. The van der Waals surface area contributed by atoms with E-state index in [4.69, 9.17) is 9.47 Å². The summed E-state index contributed by atoms with van der Waals surface area (Å²) in [4.78, 5) is 38.4. The minimum Gasteiger partial charge on any atom is -0.494 e. The van der Waals surface area contributed by atoms with Gasteiger partial charge in [-0.2, -0.15) is 4.68 Å². The van der Waals surface area contributed by atoms with Crippen molar-refractivity contribution in [3.8, 4) is 17.2 Å². The molecule has 2 aromatic carbocycles. The zero-order valence-corrected chi connectivity index (χ0v) is 16.1. The molecule has 0 spiro atoms. The SMILES string of the molecule is CCN(C(=O)n1nnn(-c2ccccc2OC)c1=O)c1cccc(C=O)c1OC. The molecule has 150 valence electrons. The Kier molecular flexibility index (Phi) is 5.72. The van der Waals surface area contributed by atoms with E-state index in [1.807, 2.05) is 0 Å². The lowest BCUT2D eigenvalue weighted by Crippen LogP contribution is -2.41. The van der Waals surface area contributed by atoms with E-state index in [0.717, 1.165) is 4.68 Å². The first-order valence-electron chi connectivity index (χ1n) is 8.69. The lowest BCUT2D eigenvalue weighted by atomic mass is 10.1. The second-order valence-electron chi connectivity index (χ2n) is 5.80. The van der Waals surface area contributed by atoms with E-state index in [1.54, 1.807) is 49.4 Å². The maximum Gasteiger partial charge on any atom is 0.377 e. The molecule has 3 rings (SSSR count). The number of aromatic nitrogens is 4. The number of benzene rings is 2. The van der Waals surface area contributed by atoms with Crippen LogP contribution in [0.2, 0.25) is 0 Å². The molecule has 0 saturated heterocycles. The summed E-state index contributed by atoms with van der Waals surface area (Å²) in [6.45, 7) is 1.92. The number of carbonyl (C=O) groups is 2. The number of nitrogens with zero attached hydrogens (tertiary/aromatic N) is 5. The second-order valence-corrected chi connectivity index (χ2v) is 5.80. The maximum absolute atomic E-state index is 13.1. The Hall–Kier alpha value is -3.95. The Labute approximate surface area is 165 Å². The van der Waals surface area contributed by atoms with Crippen LogP contribution in [0.4, 0.5) is 10.5 Å². The third kappa shape index (κ3) is 3.47. The van der Waals surface area contributed by atoms with Crippen molar-refractivity contribution in [3.05, 3.63) is 58.5 Å². The molecule has 0 saturated carbocycles. The number of anilines is 1. The number of rotatable bonds is 6. The minimum atomic E-state index is -0.761. The van der Waals surface area contributed by atoms with Gasteiger partial charge in [-0.25, -0.2) is 9.59 Å². The summed E-state index contributed by atoms with van der Waals surface area (Å²) in [6.07, 6.45) is 0.630. The van der Waals surface area contributed by atoms with E-state index >= 15 is 0 Å². The summed E-state index contributed by atoms with van der Waals surface area (Å²) in [5, 5.41) is 7.52. The molecule has 29 heavy (non-hydrogen) atoms. The van der Waals surface area contributed by atoms with E-state index in [0.29, 0.717) is 28.1 Å². The van der Waals surface area contributed by atoms with Crippen LogP contribution < -0.4 is 20.1 Å². The largest absolute Gasteiger partial charge is 0.494 e. The van der Waals surface area contributed by atoms with Crippen molar-refractivity contribution in [3.63, 3.8) is 0 Å². The lowest BCUT2D eigenvalue weighted by molar-refractivity contribution is 0.112. The van der Waals surface area contributed by atoms with Crippen molar-refractivity contribution >= 4 is 18.0 Å². The van der Waals surface area contributed by atoms with E-state index in [1.165, 1.54) is 19.1 Å². The minimum absolute atomic E-state index is 0.200. The molecule has 0 aliphatic rings. The molecule has 0 aliphatic carbocycles. The first-order chi connectivity index (χ1) is 14.1. The Morgan fingerprint density at radius 3 is 2.52 bits per heavy atom. The number of methoxy groups -OCH3 is 2. The van der Waals surface area contributed by atoms with Gasteiger partial charge in [0.25, 0.3) is 0 Å². The van der Waals surface area contributed by atoms with E-state index < -0.39 is 11.7 Å². The van der Waals surface area contributed by atoms with Crippen LogP contribution in [0, 0.1) is 0 Å². The average Bonchev–Trinajstić information content (AvgIpc) is 3.14. The second kappa shape index (κ2) is 8.38. The highest BCUT2D eigenvalue weighted by Crippen LogP contribution is 2.31. The molecule has 0 unspecified atom stereocenters. The van der Waals surface area contributed by atoms with E-state index in [2.05, 4.69) is 10.4 Å². The molecule has 10 heteroatoms. The Bertz CT molecular complexity index is 1100. The predicted molar refractivity (Wildman–Crippen MR) is 104 cm³/mol. The molecule has 0 N–H and O–H groups in total. The summed E-state index contributed by atoms with van der Waals surface area (Å²) in [5.74, 6) is 0.629. The number of hydrogen-bond donors (Lipinski definition) is 0. The zero-order valence-electron chi connectivity index (χ0n) is 16.1. The van der Waals surface area contributed by atoms with Crippen LogP contribution in [0.5, 0.6) is 11.5 Å². The first kappa shape index (κ1) is 19.8. The van der Waals surface area contributed by atoms with Gasteiger partial charge in [-0.05, 0) is 41.6 Å². The van der Waals surface area contributed by atoms with Gasteiger partial charge in [-0.15, -0.1) is 4.68 Å². The van der Waals surface area contributed by atoms with Crippen LogP contribution in [0.15, 0.2) is 47.3 Å². The van der Waals surface area contributed by atoms with Crippen molar-refractivity contribution < 1.29 is 19.1 Å². The van der Waals surface area contributed by atoms with Crippen LogP contribution in [0.25, 0.3) is 5.69 Å². The van der Waals surface area contributed by atoms with Crippen molar-refractivity contribution in [2.45, 2.75) is 6.92 Å². The predicted octanol–water partition coefficient (Wildman–Crippen LogP) is 1.75. The van der Waals surface area contributed by atoms with Gasteiger partial charge >= 0.3 is 11.7 Å². The topological polar surface area (TPSA) is 109 Å². The summed E-state index contributed by atoms with van der Waals surface area (Å²) >= 11 is 0. The highest BCUT2D eigenvalue weighted by atomic mass is 16.5. The van der Waals surface area contributed by atoms with Gasteiger partial charge in [0.15, 0.2) is 12.0 Å². The van der Waals surface area contributed by atoms with E-state index in [-0.39, 0.29) is 17.9 Å². The Morgan fingerprint density at radius 1 is 1.10 bits per heavy atom. The Balaban J connectivity index is 2.06. The molecule has 1 amide bonds. The molecule has 3 aromatic rings. The van der Waals surface area contributed by atoms with Crippen LogP contribution in [0.1, 0.15) is 17.3 Å². The smallest absolute Gasteiger partial charge is 0.377 e. The zero-order chi connectivity index (χ0) is 21.0. The van der Waals surface area contributed by atoms with Gasteiger partial charge < -0.3 is 9.47 Å². The number of ether oxygens (including phenoxy) is 2. The summed E-state index contributed by atoms with van der Waals surface area (Å²) < 4.78 is 12.2. The Morgan fingerprint density at radius 2 is 1.86 bits per heavy atom. The van der Waals surface area contributed by atoms with Crippen LogP contribution in [0.3, 0.4) is 0 Å². The van der Waals surface area contributed by atoms with Crippen molar-refractivity contribution in [2.75, 3.05) is 25.7 Å². The van der Waals surface area contributed by atoms with Crippen LogP contribution >= 0.6 is 0 Å². The number of para-hydroxylation sites is 3. The van der Waals surface area contributed by atoms with Gasteiger partial charge in [0, 0.05) is 6.54 Å². The highest BCUT2D eigenvalue weighted by Gasteiger charge is 2.25. The molecule has 0 aliphatic heterocycles. The molecule has 0 atom stereocenters. The number of hydrogen-bond acceptors (Lipinski definition) is 7. The first-order valence-corrected chi connectivity index (χ1v) is 8.69. The molecule has 0 fully saturated rings. The lowest BCUT2D eigenvalue weighted by Gasteiger charge is -2.22. The number of amides is 1. The van der Waals surface area contributed by atoms with Gasteiger partial charge in [-0.1, -0.05) is 18.2 Å². The van der Waals surface area contributed by atoms with Crippen molar-refractivity contribution in [2.24, 2.45) is 0 Å². The molecule has 0 bridgehead atoms. The molecular formula is C19H19N5O5. The number of tetrazole rings is 1. The van der Waals surface area contributed by atoms with Gasteiger partial charge in [0.05, 0.1) is 25.5 Å². The normalized spacial score (nSPS) is 10.4. The molecular weight excluding hydrogens is 378 g/mol. The number of carbonyl (C=O) groups excluding carboxylic acids is 2. The summed E-state index contributed by atoms with van der Waals surface area (Å²) in [5.41, 5.74) is 0.204. The third-order valence-corrected chi connectivity index (χ3v) is 4.27. The number of aldehydes is 1. The average molecular weight is 397 g/mol. The fourth-order valence-corrected chi connectivity index (χ4v) is 2.92. The van der Waals surface area contributed by atoms with Gasteiger partial charge in [0.2, 0.25) is 0 Å². The van der Waals surface area contributed by atoms with Gasteiger partial charge in [-0.3, -0.25) is 9.69 Å². The monoisotopic (exact) mass is 397 g/mol. The van der Waals surface area contributed by atoms with Crippen molar-refractivity contribution in [1.82, 2.24) is 19.8 Å².